The molecule has 1 aliphatic carbocycles. The maximum Gasteiger partial charge on any atom is 0.133 e. The Morgan fingerprint density at radius 1 is 1.20 bits per heavy atom. The van der Waals surface area contributed by atoms with E-state index in [1.165, 1.54) is 23.1 Å². The van der Waals surface area contributed by atoms with Gasteiger partial charge in [0.15, 0.2) is 0 Å². The Balaban J connectivity index is 2.00. The third-order valence-electron chi connectivity index (χ3n) is 3.80. The van der Waals surface area contributed by atoms with Gasteiger partial charge in [-0.3, -0.25) is 0 Å². The zero-order valence-electron chi connectivity index (χ0n) is 11.6. The zero-order chi connectivity index (χ0) is 13.9. The average Bonchev–Trinajstić information content (AvgIpc) is 2.48. The van der Waals surface area contributed by atoms with Gasteiger partial charge in [0.25, 0.3) is 0 Å². The molecule has 100 valence electrons. The lowest BCUT2D eigenvalue weighted by atomic mass is 9.89. The molecule has 0 spiro atoms. The molecule has 1 aromatic carbocycles. The molecule has 0 saturated heterocycles. The molecule has 20 heavy (non-hydrogen) atoms. The SMILES string of the molecule is Cc1cccc(Nc2ncc(C#N)c3c2CCCC3)c1. The van der Waals surface area contributed by atoms with Crippen LogP contribution in [0, 0.1) is 18.3 Å². The van der Waals surface area contributed by atoms with Gasteiger partial charge in [-0.25, -0.2) is 4.98 Å². The summed E-state index contributed by atoms with van der Waals surface area (Å²) in [5.74, 6) is 0.907. The molecular formula is C17H17N3. The molecule has 1 N–H and O–H groups in total. The first kappa shape index (κ1) is 12.7. The Kier molecular flexibility index (Phi) is 3.39. The van der Waals surface area contributed by atoms with E-state index in [0.29, 0.717) is 0 Å². The monoisotopic (exact) mass is 263 g/mol. The third-order valence-corrected chi connectivity index (χ3v) is 3.80. The van der Waals surface area contributed by atoms with Gasteiger partial charge in [-0.15, -0.1) is 0 Å². The van der Waals surface area contributed by atoms with E-state index in [2.05, 4.69) is 35.4 Å². The van der Waals surface area contributed by atoms with Gasteiger partial charge in [-0.1, -0.05) is 12.1 Å². The van der Waals surface area contributed by atoms with Crippen LogP contribution >= 0.6 is 0 Å². The topological polar surface area (TPSA) is 48.7 Å². The Morgan fingerprint density at radius 3 is 2.75 bits per heavy atom. The number of aromatic nitrogens is 1. The highest BCUT2D eigenvalue weighted by atomic mass is 15.0. The van der Waals surface area contributed by atoms with Crippen molar-refractivity contribution in [2.75, 3.05) is 5.32 Å². The van der Waals surface area contributed by atoms with Gasteiger partial charge in [-0.05, 0) is 61.4 Å². The molecule has 0 radical (unpaired) electrons. The van der Waals surface area contributed by atoms with E-state index in [-0.39, 0.29) is 0 Å². The van der Waals surface area contributed by atoms with Crippen LogP contribution in [0.5, 0.6) is 0 Å². The molecule has 3 nitrogen and oxygen atoms in total. The zero-order valence-corrected chi connectivity index (χ0v) is 11.6. The first-order valence-electron chi connectivity index (χ1n) is 7.02. The van der Waals surface area contributed by atoms with Gasteiger partial charge in [-0.2, -0.15) is 5.26 Å². The number of nitrogens with zero attached hydrogens (tertiary/aromatic N) is 2. The van der Waals surface area contributed by atoms with Crippen LogP contribution in [0.15, 0.2) is 30.5 Å². The molecule has 0 aliphatic heterocycles. The number of aryl methyl sites for hydroxylation is 1. The Morgan fingerprint density at radius 2 is 2.00 bits per heavy atom. The van der Waals surface area contributed by atoms with Gasteiger partial charge in [0.1, 0.15) is 11.9 Å². The summed E-state index contributed by atoms with van der Waals surface area (Å²) >= 11 is 0. The summed E-state index contributed by atoms with van der Waals surface area (Å²) in [7, 11) is 0. The van der Waals surface area contributed by atoms with Crippen LogP contribution < -0.4 is 5.32 Å². The molecular weight excluding hydrogens is 246 g/mol. The van der Waals surface area contributed by atoms with Crippen LogP contribution in [0.2, 0.25) is 0 Å². The van der Waals surface area contributed by atoms with Crippen molar-refractivity contribution < 1.29 is 0 Å². The van der Waals surface area contributed by atoms with Crippen LogP contribution in [0.1, 0.15) is 35.1 Å². The van der Waals surface area contributed by atoms with Gasteiger partial charge < -0.3 is 5.32 Å². The van der Waals surface area contributed by atoms with Crippen LogP contribution in [-0.4, -0.2) is 4.98 Å². The number of pyridine rings is 1. The summed E-state index contributed by atoms with van der Waals surface area (Å²) in [5.41, 5.74) is 5.41. The van der Waals surface area contributed by atoms with Gasteiger partial charge >= 0.3 is 0 Å². The minimum absolute atomic E-state index is 0.731. The second-order valence-electron chi connectivity index (χ2n) is 5.29. The second-order valence-corrected chi connectivity index (χ2v) is 5.29. The highest BCUT2D eigenvalue weighted by molar-refractivity contribution is 5.63. The number of hydrogen-bond donors (Lipinski definition) is 1. The molecule has 0 atom stereocenters. The van der Waals surface area contributed by atoms with Gasteiger partial charge in [0.2, 0.25) is 0 Å². The summed E-state index contributed by atoms with van der Waals surface area (Å²) in [4.78, 5) is 4.45. The van der Waals surface area contributed by atoms with Crippen LogP contribution in [0.3, 0.4) is 0 Å². The maximum atomic E-state index is 9.20. The molecule has 0 fully saturated rings. The summed E-state index contributed by atoms with van der Waals surface area (Å²) in [5, 5.41) is 12.6. The standard InChI is InChI=1S/C17H17N3/c1-12-5-4-6-14(9-12)20-17-16-8-3-2-7-15(16)13(10-18)11-19-17/h4-6,9,11H,2-3,7-8H2,1H3,(H,19,20). The Labute approximate surface area is 119 Å². The molecule has 3 heteroatoms. The Bertz CT molecular complexity index is 683. The van der Waals surface area contributed by atoms with Crippen molar-refractivity contribution in [3.05, 3.63) is 52.7 Å². The van der Waals surface area contributed by atoms with Crippen LogP contribution in [0.25, 0.3) is 0 Å². The van der Waals surface area contributed by atoms with Gasteiger partial charge in [0, 0.05) is 11.9 Å². The highest BCUT2D eigenvalue weighted by Crippen LogP contribution is 2.30. The largest absolute Gasteiger partial charge is 0.340 e. The minimum atomic E-state index is 0.731. The van der Waals surface area contributed by atoms with E-state index in [9.17, 15) is 5.26 Å². The number of rotatable bonds is 2. The Hall–Kier alpha value is -2.34. The fourth-order valence-electron chi connectivity index (χ4n) is 2.81. The molecule has 0 bridgehead atoms. The van der Waals surface area contributed by atoms with Crippen molar-refractivity contribution >= 4 is 11.5 Å². The summed E-state index contributed by atoms with van der Waals surface area (Å²) < 4.78 is 0. The number of nitriles is 1. The number of fused-ring (bicyclic) bond motifs is 1. The minimum Gasteiger partial charge on any atom is -0.340 e. The smallest absolute Gasteiger partial charge is 0.133 e. The van der Waals surface area contributed by atoms with E-state index in [1.807, 2.05) is 12.1 Å². The number of hydrogen-bond acceptors (Lipinski definition) is 3. The first-order valence-corrected chi connectivity index (χ1v) is 7.02. The normalized spacial score (nSPS) is 13.4. The van der Waals surface area contributed by atoms with E-state index in [4.69, 9.17) is 0 Å². The van der Waals surface area contributed by atoms with Crippen LogP contribution in [0.4, 0.5) is 11.5 Å². The molecule has 1 aliphatic rings. The molecule has 0 unspecified atom stereocenters. The van der Waals surface area contributed by atoms with Crippen molar-refractivity contribution in [3.63, 3.8) is 0 Å². The molecule has 1 heterocycles. The first-order chi connectivity index (χ1) is 9.78. The quantitative estimate of drug-likeness (QED) is 0.894. The summed E-state index contributed by atoms with van der Waals surface area (Å²) in [6.07, 6.45) is 6.03. The maximum absolute atomic E-state index is 9.20. The van der Waals surface area contributed by atoms with Crippen molar-refractivity contribution in [1.29, 1.82) is 5.26 Å². The molecule has 0 amide bonds. The number of benzene rings is 1. The van der Waals surface area contributed by atoms with Crippen molar-refractivity contribution in [2.24, 2.45) is 0 Å². The highest BCUT2D eigenvalue weighted by Gasteiger charge is 2.18. The molecule has 0 saturated carbocycles. The molecule has 3 rings (SSSR count). The molecule has 1 aromatic heterocycles. The van der Waals surface area contributed by atoms with E-state index >= 15 is 0 Å². The predicted molar refractivity (Wildman–Crippen MR) is 80.1 cm³/mol. The predicted octanol–water partition coefficient (Wildman–Crippen LogP) is 3.88. The fraction of sp³-hybridized carbons (Fsp3) is 0.294. The second kappa shape index (κ2) is 5.34. The van der Waals surface area contributed by atoms with E-state index in [1.54, 1.807) is 6.20 Å². The van der Waals surface area contributed by atoms with Gasteiger partial charge in [0.05, 0.1) is 5.56 Å². The van der Waals surface area contributed by atoms with Crippen LogP contribution in [-0.2, 0) is 12.8 Å². The summed E-state index contributed by atoms with van der Waals surface area (Å²) in [6.45, 7) is 2.08. The van der Waals surface area contributed by atoms with Crippen molar-refractivity contribution in [1.82, 2.24) is 4.98 Å². The molecule has 2 aromatic rings. The lowest BCUT2D eigenvalue weighted by molar-refractivity contribution is 0.682. The summed E-state index contributed by atoms with van der Waals surface area (Å²) in [6, 6.07) is 10.5. The third kappa shape index (κ3) is 2.37. The van der Waals surface area contributed by atoms with E-state index < -0.39 is 0 Å². The van der Waals surface area contributed by atoms with E-state index in [0.717, 1.165) is 36.3 Å². The van der Waals surface area contributed by atoms with Crippen molar-refractivity contribution in [3.8, 4) is 6.07 Å². The average molecular weight is 263 g/mol. The number of nitrogens with one attached hydrogen (secondary N) is 1. The fourth-order valence-corrected chi connectivity index (χ4v) is 2.81. The lowest BCUT2D eigenvalue weighted by Crippen LogP contribution is -2.10. The number of anilines is 2. The van der Waals surface area contributed by atoms with Crippen molar-refractivity contribution in [2.45, 2.75) is 32.6 Å². The lowest BCUT2D eigenvalue weighted by Gasteiger charge is -2.20.